The van der Waals surface area contributed by atoms with Crippen LogP contribution in [0.5, 0.6) is 0 Å². The molecule has 0 saturated carbocycles. The van der Waals surface area contributed by atoms with Crippen molar-refractivity contribution in [2.75, 3.05) is 36.6 Å². The zero-order valence-electron chi connectivity index (χ0n) is 18.1. The number of nitrogens with one attached hydrogen (secondary N) is 1. The highest BCUT2D eigenvalue weighted by molar-refractivity contribution is 14.1. The monoisotopic (exact) mass is 730 g/mol. The van der Waals surface area contributed by atoms with Gasteiger partial charge >= 0.3 is 0 Å². The Kier molecular flexibility index (Phi) is 11.6. The van der Waals surface area contributed by atoms with Crippen LogP contribution in [0.15, 0.2) is 47.0 Å². The molecule has 0 radical (unpaired) electrons. The highest BCUT2D eigenvalue weighted by Crippen LogP contribution is 2.21. The van der Waals surface area contributed by atoms with Crippen LogP contribution in [0.2, 0.25) is 5.02 Å². The molecule has 3 aromatic rings. The number of hydrogen-bond acceptors (Lipinski definition) is 10. The summed E-state index contributed by atoms with van der Waals surface area (Å²) in [5.74, 6) is 6.67. The zero-order valence-corrected chi connectivity index (χ0v) is 24.8. The van der Waals surface area contributed by atoms with Gasteiger partial charge in [-0.3, -0.25) is 20.2 Å². The highest BCUT2D eigenvalue weighted by atomic mass is 127. The van der Waals surface area contributed by atoms with Gasteiger partial charge in [-0.05, 0) is 69.8 Å². The van der Waals surface area contributed by atoms with Gasteiger partial charge in [0.15, 0.2) is 21.9 Å². The lowest BCUT2D eigenvalue weighted by Gasteiger charge is -2.20. The van der Waals surface area contributed by atoms with E-state index in [1.165, 1.54) is 28.5 Å². The van der Waals surface area contributed by atoms with Crippen molar-refractivity contribution in [2.45, 2.75) is 10.3 Å². The summed E-state index contributed by atoms with van der Waals surface area (Å²) in [5.41, 5.74) is 3.17. The lowest BCUT2D eigenvalue weighted by molar-refractivity contribution is 0.0951. The van der Waals surface area contributed by atoms with E-state index in [9.17, 15) is 4.79 Å². The molecule has 33 heavy (non-hydrogen) atoms. The Hall–Kier alpha value is -1.14. The minimum atomic E-state index is -0.289. The topological polar surface area (TPSA) is 113 Å². The molecule has 3 rings (SSSR count). The van der Waals surface area contributed by atoms with Gasteiger partial charge in [-0.15, -0.1) is 0 Å². The van der Waals surface area contributed by atoms with E-state index in [0.717, 1.165) is 18.1 Å². The lowest BCUT2D eigenvalue weighted by Crippen LogP contribution is -2.40. The summed E-state index contributed by atoms with van der Waals surface area (Å²) < 4.78 is 1.79. The summed E-state index contributed by atoms with van der Waals surface area (Å²) in [6, 6.07) is 6.89. The first-order valence-electron chi connectivity index (χ1n) is 9.08. The van der Waals surface area contributed by atoms with Crippen LogP contribution >= 0.6 is 80.3 Å². The molecule has 9 nitrogen and oxygen atoms in total. The van der Waals surface area contributed by atoms with Crippen LogP contribution in [0, 0.1) is 7.14 Å². The van der Waals surface area contributed by atoms with Gasteiger partial charge in [0.2, 0.25) is 0 Å². The molecule has 0 aliphatic carbocycles. The van der Waals surface area contributed by atoms with E-state index in [2.05, 4.69) is 70.5 Å². The molecule has 0 unspecified atom stereocenters. The molecule has 3 N–H and O–H groups in total. The number of aromatic nitrogens is 4. The normalized spacial score (nSPS) is 10.2. The summed E-state index contributed by atoms with van der Waals surface area (Å²) in [6.07, 6.45) is 7.31. The van der Waals surface area contributed by atoms with Gasteiger partial charge in [-0.1, -0.05) is 47.3 Å². The van der Waals surface area contributed by atoms with E-state index in [-0.39, 0.29) is 5.91 Å². The lowest BCUT2D eigenvalue weighted by atomic mass is 10.2. The second-order valence-electron chi connectivity index (χ2n) is 6.15. The number of carbonyl (C=O) groups is 1. The van der Waals surface area contributed by atoms with Crippen molar-refractivity contribution in [3.05, 3.63) is 54.4 Å². The van der Waals surface area contributed by atoms with Gasteiger partial charge in [0.1, 0.15) is 0 Å². The number of halogens is 3. The molecule has 1 aromatic carbocycles. The highest BCUT2D eigenvalue weighted by Gasteiger charge is 2.15. The first kappa shape index (κ1) is 28.1. The Morgan fingerprint density at radius 3 is 2.03 bits per heavy atom. The minimum Gasteiger partial charge on any atom is -0.297 e. The molecule has 14 heteroatoms. The number of thioether (sulfide) groups is 2. The van der Waals surface area contributed by atoms with Gasteiger partial charge in [0, 0.05) is 26.5 Å². The largest absolute Gasteiger partial charge is 0.297 e. The van der Waals surface area contributed by atoms with Crippen molar-refractivity contribution < 1.29 is 4.79 Å². The third kappa shape index (κ3) is 8.24. The van der Waals surface area contributed by atoms with Gasteiger partial charge < -0.3 is 0 Å². The van der Waals surface area contributed by atoms with Crippen molar-refractivity contribution in [1.29, 1.82) is 0 Å². The SMILES string of the molecule is CSc1ncc(I)c(N(C)N)n1.CSc1ncc(I)c(N(C)NC(=O)c2ccccc2Cl)n1. The fraction of sp³-hybridized carbons (Fsp3) is 0.211. The van der Waals surface area contributed by atoms with Crippen LogP contribution in [0.1, 0.15) is 10.4 Å². The van der Waals surface area contributed by atoms with Gasteiger partial charge in [-0.2, -0.15) is 0 Å². The number of carbonyl (C=O) groups excluding carboxylic acids is 1. The van der Waals surface area contributed by atoms with Crippen molar-refractivity contribution in [2.24, 2.45) is 5.84 Å². The van der Waals surface area contributed by atoms with E-state index in [4.69, 9.17) is 17.4 Å². The minimum absolute atomic E-state index is 0.289. The van der Waals surface area contributed by atoms with E-state index in [1.54, 1.807) is 55.8 Å². The fourth-order valence-electron chi connectivity index (χ4n) is 2.28. The molecular formula is C19H21ClI2N8OS2. The molecule has 0 saturated heterocycles. The second-order valence-corrected chi connectivity index (χ2v) is 10.4. The second kappa shape index (κ2) is 13.7. The number of rotatable bonds is 6. The van der Waals surface area contributed by atoms with Crippen LogP contribution < -0.4 is 21.3 Å². The number of nitrogens with zero attached hydrogens (tertiary/aromatic N) is 6. The Morgan fingerprint density at radius 1 is 1.00 bits per heavy atom. The standard InChI is InChI=1S/C13H12ClIN4OS.C6H9IN4S/c1-19(11-10(15)7-16-13(17-11)21-2)18-12(20)8-5-3-4-6-9(8)14;1-11(8)5-4(7)3-9-6(10-5)12-2/h3-7H,1-2H3,(H,18,20);3H,8H2,1-2H3. The summed E-state index contributed by atoms with van der Waals surface area (Å²) >= 11 is 13.2. The average Bonchev–Trinajstić information content (AvgIpc) is 2.80. The predicted octanol–water partition coefficient (Wildman–Crippen LogP) is 4.35. The summed E-state index contributed by atoms with van der Waals surface area (Å²) in [4.78, 5) is 29.1. The maximum Gasteiger partial charge on any atom is 0.271 e. The third-order valence-electron chi connectivity index (χ3n) is 3.81. The average molecular weight is 731 g/mol. The van der Waals surface area contributed by atoms with Gasteiger partial charge in [0.05, 0.1) is 17.7 Å². The number of hydrazine groups is 2. The van der Waals surface area contributed by atoms with E-state index in [0.29, 0.717) is 21.6 Å². The zero-order chi connectivity index (χ0) is 24.5. The number of benzene rings is 1. The maximum atomic E-state index is 12.2. The Balaban J connectivity index is 0.000000273. The molecule has 2 aromatic heterocycles. The van der Waals surface area contributed by atoms with Crippen LogP contribution in [-0.4, -0.2) is 52.4 Å². The molecule has 0 spiro atoms. The van der Waals surface area contributed by atoms with Crippen molar-refractivity contribution >= 4 is 97.8 Å². The summed E-state index contributed by atoms with van der Waals surface area (Å²) in [5, 5.41) is 4.84. The molecule has 1 amide bonds. The maximum absolute atomic E-state index is 12.2. The third-order valence-corrected chi connectivity index (χ3v) is 6.79. The molecule has 0 atom stereocenters. The van der Waals surface area contributed by atoms with E-state index in [1.807, 2.05) is 12.5 Å². The quantitative estimate of drug-likeness (QED) is 0.125. The first-order valence-corrected chi connectivity index (χ1v) is 14.1. The molecule has 0 aliphatic heterocycles. The summed E-state index contributed by atoms with van der Waals surface area (Å²) in [6.45, 7) is 0. The number of anilines is 2. The number of amides is 1. The fourth-order valence-corrected chi connectivity index (χ4v) is 4.43. The Morgan fingerprint density at radius 2 is 1.52 bits per heavy atom. The van der Waals surface area contributed by atoms with Gasteiger partial charge in [-0.25, -0.2) is 25.8 Å². The van der Waals surface area contributed by atoms with Crippen LogP contribution in [0.25, 0.3) is 0 Å². The van der Waals surface area contributed by atoms with E-state index < -0.39 is 0 Å². The predicted molar refractivity (Wildman–Crippen MR) is 153 cm³/mol. The number of nitrogens with two attached hydrogens (primary N) is 1. The van der Waals surface area contributed by atoms with Gasteiger partial charge in [0.25, 0.3) is 5.91 Å². The number of hydrogen-bond donors (Lipinski definition) is 2. The molecule has 2 heterocycles. The molecule has 0 aliphatic rings. The van der Waals surface area contributed by atoms with Crippen LogP contribution in [0.4, 0.5) is 11.6 Å². The van der Waals surface area contributed by atoms with Crippen molar-refractivity contribution in [1.82, 2.24) is 25.4 Å². The molecule has 176 valence electrons. The first-order chi connectivity index (χ1) is 15.7. The van der Waals surface area contributed by atoms with Crippen LogP contribution in [-0.2, 0) is 0 Å². The molecular weight excluding hydrogens is 710 g/mol. The molecule has 0 bridgehead atoms. The smallest absolute Gasteiger partial charge is 0.271 e. The van der Waals surface area contributed by atoms with E-state index >= 15 is 0 Å². The molecule has 0 fully saturated rings. The van der Waals surface area contributed by atoms with Crippen molar-refractivity contribution in [3.8, 4) is 0 Å². The Bertz CT molecular complexity index is 1110. The van der Waals surface area contributed by atoms with Crippen LogP contribution in [0.3, 0.4) is 0 Å². The van der Waals surface area contributed by atoms with Crippen molar-refractivity contribution in [3.63, 3.8) is 0 Å². The summed E-state index contributed by atoms with van der Waals surface area (Å²) in [7, 11) is 3.48. The Labute approximate surface area is 233 Å².